The minimum Gasteiger partial charge on any atom is -0.481 e. The maximum absolute atomic E-state index is 12.9. The summed E-state index contributed by atoms with van der Waals surface area (Å²) in [7, 11) is 0. The van der Waals surface area contributed by atoms with E-state index in [4.69, 9.17) is 5.11 Å². The topological polar surface area (TPSA) is 86.7 Å². The van der Waals surface area contributed by atoms with Gasteiger partial charge >= 0.3 is 5.97 Å². The van der Waals surface area contributed by atoms with E-state index < -0.39 is 5.97 Å². The van der Waals surface area contributed by atoms with Crippen molar-refractivity contribution in [2.75, 3.05) is 16.8 Å². The Morgan fingerprint density at radius 3 is 2.18 bits per heavy atom. The second kappa shape index (κ2) is 10.2. The van der Waals surface area contributed by atoms with Crippen LogP contribution in [0.3, 0.4) is 0 Å². The van der Waals surface area contributed by atoms with E-state index in [2.05, 4.69) is 73.1 Å². The van der Waals surface area contributed by atoms with Crippen molar-refractivity contribution in [1.29, 1.82) is 0 Å². The third kappa shape index (κ3) is 5.55. The summed E-state index contributed by atoms with van der Waals surface area (Å²) in [5, 5.41) is 11.7. The molecule has 148 valence electrons. The minimum absolute atomic E-state index is 0.0671. The zero-order valence-corrected chi connectivity index (χ0v) is 21.5. The number of amides is 2. The maximum atomic E-state index is 12.9. The molecule has 0 aliphatic heterocycles. The molecule has 0 heterocycles. The number of aliphatic carboxylic acids is 1. The molecule has 6 nitrogen and oxygen atoms in total. The van der Waals surface area contributed by atoms with Gasteiger partial charge < -0.3 is 15.3 Å². The van der Waals surface area contributed by atoms with Gasteiger partial charge in [-0.1, -0.05) is 12.1 Å². The average Bonchev–Trinajstić information content (AvgIpc) is 2.59. The molecule has 0 atom stereocenters. The molecule has 0 saturated heterocycles. The first kappa shape index (κ1) is 23.3. The van der Waals surface area contributed by atoms with Crippen LogP contribution in [0, 0.1) is 10.7 Å². The first-order chi connectivity index (χ1) is 13.1. The van der Waals surface area contributed by atoms with Gasteiger partial charge in [0.1, 0.15) is 0 Å². The highest BCUT2D eigenvalue weighted by Crippen LogP contribution is 2.35. The quantitative estimate of drug-likeness (QED) is 0.423. The molecule has 0 aliphatic carbocycles. The Hall–Kier alpha value is -0.960. The summed E-state index contributed by atoms with van der Waals surface area (Å²) in [5.74, 6) is -1.27. The molecule has 2 rings (SSSR count). The molecule has 0 aliphatic rings. The molecule has 2 aromatic carbocycles. The summed E-state index contributed by atoms with van der Waals surface area (Å²) in [6, 6.07) is 8.59. The van der Waals surface area contributed by atoms with E-state index in [1.165, 1.54) is 6.92 Å². The molecule has 0 unspecified atom stereocenters. The molecule has 9 heteroatoms. The van der Waals surface area contributed by atoms with Gasteiger partial charge in [0.25, 0.3) is 5.91 Å². The Bertz CT molecular complexity index is 930. The second-order valence-electron chi connectivity index (χ2n) is 5.86. The van der Waals surface area contributed by atoms with Crippen LogP contribution in [0.25, 0.3) is 0 Å². The SMILES string of the molecule is CCN(C(C)=O)c1c(I)cc(I)c(C(=O)Nc2ccc(CC(=O)O)cc2)c1I. The largest absolute Gasteiger partial charge is 0.481 e. The number of anilines is 2. The highest BCUT2D eigenvalue weighted by molar-refractivity contribution is 14.1. The van der Waals surface area contributed by atoms with E-state index in [1.807, 2.05) is 13.0 Å². The summed E-state index contributed by atoms with van der Waals surface area (Å²) in [4.78, 5) is 37.4. The first-order valence-corrected chi connectivity index (χ1v) is 11.5. The monoisotopic (exact) mass is 718 g/mol. The average molecular weight is 718 g/mol. The minimum atomic E-state index is -0.904. The van der Waals surface area contributed by atoms with Gasteiger partial charge in [-0.3, -0.25) is 14.4 Å². The molecule has 0 radical (unpaired) electrons. The molecule has 0 aromatic heterocycles. The molecular weight excluding hydrogens is 701 g/mol. The summed E-state index contributed by atoms with van der Waals surface area (Å²) in [6.07, 6.45) is -0.0671. The predicted octanol–water partition coefficient (Wildman–Crippen LogP) is 4.75. The molecule has 2 amide bonds. The summed E-state index contributed by atoms with van der Waals surface area (Å²) < 4.78 is 2.40. The van der Waals surface area contributed by atoms with Crippen LogP contribution < -0.4 is 10.2 Å². The number of carbonyl (C=O) groups excluding carboxylic acids is 2. The van der Waals surface area contributed by atoms with Gasteiger partial charge in [0.05, 0.1) is 21.2 Å². The number of rotatable bonds is 6. The lowest BCUT2D eigenvalue weighted by molar-refractivity contribution is -0.136. The third-order valence-corrected chi connectivity index (χ3v) is 6.63. The van der Waals surface area contributed by atoms with E-state index >= 15 is 0 Å². The van der Waals surface area contributed by atoms with E-state index in [-0.39, 0.29) is 18.2 Å². The van der Waals surface area contributed by atoms with Crippen molar-refractivity contribution >= 4 is 96.9 Å². The lowest BCUT2D eigenvalue weighted by Crippen LogP contribution is -2.30. The Balaban J connectivity index is 2.37. The van der Waals surface area contributed by atoms with E-state index in [1.54, 1.807) is 29.2 Å². The van der Waals surface area contributed by atoms with Crippen molar-refractivity contribution in [3.05, 3.63) is 52.2 Å². The van der Waals surface area contributed by atoms with Gasteiger partial charge in [0, 0.05) is 26.3 Å². The molecule has 28 heavy (non-hydrogen) atoms. The fourth-order valence-corrected chi connectivity index (χ4v) is 7.09. The van der Waals surface area contributed by atoms with Crippen molar-refractivity contribution in [2.45, 2.75) is 20.3 Å². The number of carbonyl (C=O) groups is 3. The first-order valence-electron chi connectivity index (χ1n) is 8.23. The van der Waals surface area contributed by atoms with Crippen LogP contribution in [0.4, 0.5) is 11.4 Å². The van der Waals surface area contributed by atoms with Crippen molar-refractivity contribution in [3.63, 3.8) is 0 Å². The number of nitrogens with one attached hydrogen (secondary N) is 1. The van der Waals surface area contributed by atoms with Crippen molar-refractivity contribution in [1.82, 2.24) is 0 Å². The lowest BCUT2D eigenvalue weighted by Gasteiger charge is -2.24. The smallest absolute Gasteiger partial charge is 0.307 e. The zero-order chi connectivity index (χ0) is 21.0. The van der Waals surface area contributed by atoms with Crippen LogP contribution in [0.15, 0.2) is 30.3 Å². The van der Waals surface area contributed by atoms with Crippen LogP contribution in [0.1, 0.15) is 29.8 Å². The van der Waals surface area contributed by atoms with Gasteiger partial charge in [0.2, 0.25) is 5.91 Å². The van der Waals surface area contributed by atoms with Crippen LogP contribution >= 0.6 is 67.8 Å². The fraction of sp³-hybridized carbons (Fsp3) is 0.211. The number of carboxylic acid groups (broad SMARTS) is 1. The highest BCUT2D eigenvalue weighted by atomic mass is 127. The number of benzene rings is 2. The van der Waals surface area contributed by atoms with Crippen LogP contribution in [0.5, 0.6) is 0 Å². The van der Waals surface area contributed by atoms with Crippen molar-refractivity contribution in [2.24, 2.45) is 0 Å². The van der Waals surface area contributed by atoms with Crippen molar-refractivity contribution in [3.8, 4) is 0 Å². The van der Waals surface area contributed by atoms with Gasteiger partial charge in [-0.2, -0.15) is 0 Å². The summed E-state index contributed by atoms with van der Waals surface area (Å²) in [5.41, 5.74) is 2.47. The summed E-state index contributed by atoms with van der Waals surface area (Å²) >= 11 is 6.41. The summed E-state index contributed by atoms with van der Waals surface area (Å²) in [6.45, 7) is 3.91. The van der Waals surface area contributed by atoms with E-state index in [0.717, 1.165) is 12.8 Å². The molecule has 0 fully saturated rings. The number of halogens is 3. The Kier molecular flexibility index (Phi) is 8.48. The molecule has 0 spiro atoms. The number of hydrogen-bond acceptors (Lipinski definition) is 3. The van der Waals surface area contributed by atoms with Gasteiger partial charge in [-0.15, -0.1) is 0 Å². The molecule has 2 N–H and O–H groups in total. The number of hydrogen-bond donors (Lipinski definition) is 2. The Morgan fingerprint density at radius 2 is 1.68 bits per heavy atom. The number of nitrogens with zero attached hydrogens (tertiary/aromatic N) is 1. The zero-order valence-electron chi connectivity index (χ0n) is 15.1. The van der Waals surface area contributed by atoms with Gasteiger partial charge in [0.15, 0.2) is 0 Å². The van der Waals surface area contributed by atoms with E-state index in [9.17, 15) is 14.4 Å². The second-order valence-corrected chi connectivity index (χ2v) is 9.27. The Morgan fingerprint density at radius 1 is 1.07 bits per heavy atom. The van der Waals surface area contributed by atoms with Gasteiger partial charge in [-0.25, -0.2) is 0 Å². The van der Waals surface area contributed by atoms with Gasteiger partial charge in [-0.05, 0) is 98.5 Å². The van der Waals surface area contributed by atoms with Crippen LogP contribution in [-0.2, 0) is 16.0 Å². The maximum Gasteiger partial charge on any atom is 0.307 e. The third-order valence-electron chi connectivity index (χ3n) is 3.91. The fourth-order valence-electron chi connectivity index (χ4n) is 2.65. The predicted molar refractivity (Wildman–Crippen MR) is 134 cm³/mol. The van der Waals surface area contributed by atoms with E-state index in [0.29, 0.717) is 26.9 Å². The van der Waals surface area contributed by atoms with Crippen molar-refractivity contribution < 1.29 is 19.5 Å². The van der Waals surface area contributed by atoms with Crippen LogP contribution in [0.2, 0.25) is 0 Å². The van der Waals surface area contributed by atoms with Crippen LogP contribution in [-0.4, -0.2) is 29.4 Å². The standard InChI is InChI=1S/C19H17I3N2O4/c1-3-24(10(2)25)18-14(21)9-13(20)16(17(18)22)19(28)23-12-6-4-11(5-7-12)8-15(26)27/h4-7,9H,3,8H2,1-2H3,(H,23,28)(H,26,27). The molecule has 0 bridgehead atoms. The molecule has 0 saturated carbocycles. The highest BCUT2D eigenvalue weighted by Gasteiger charge is 2.24. The lowest BCUT2D eigenvalue weighted by atomic mass is 10.1. The Labute approximate surface area is 203 Å². The number of carboxylic acids is 1. The normalized spacial score (nSPS) is 10.5. The molecule has 2 aromatic rings. The molecular formula is C19H17I3N2O4.